The van der Waals surface area contributed by atoms with Crippen molar-refractivity contribution < 1.29 is 0 Å². The van der Waals surface area contributed by atoms with E-state index >= 15 is 0 Å². The molecule has 0 aliphatic carbocycles. The second kappa shape index (κ2) is 5.19. The van der Waals surface area contributed by atoms with Crippen LogP contribution in [0.25, 0.3) is 16.5 Å². The van der Waals surface area contributed by atoms with Crippen molar-refractivity contribution in [1.29, 1.82) is 0 Å². The van der Waals surface area contributed by atoms with Gasteiger partial charge in [-0.1, -0.05) is 17.3 Å². The molecule has 0 saturated heterocycles. The first-order valence-electron chi connectivity index (χ1n) is 5.30. The first-order chi connectivity index (χ1) is 7.90. The minimum Gasteiger partial charge on any atom is -0.370 e. The summed E-state index contributed by atoms with van der Waals surface area (Å²) in [6.45, 7) is 1.49. The first kappa shape index (κ1) is 10.5. The number of rotatable bonds is 4. The average Bonchev–Trinajstić information content (AvgIpc) is 2.76. The lowest BCUT2D eigenvalue weighted by Gasteiger charge is -1.99. The number of pyridine rings is 1. The lowest BCUT2D eigenvalue weighted by molar-refractivity contribution is 0.995. The molecule has 1 N–H and O–H groups in total. The van der Waals surface area contributed by atoms with E-state index in [9.17, 15) is 0 Å². The molecule has 5 nitrogen and oxygen atoms in total. The Kier molecular flexibility index (Phi) is 3.41. The maximum Gasteiger partial charge on any atom is 0.129 e. The molecular formula is C11H13N5. The van der Waals surface area contributed by atoms with Gasteiger partial charge in [-0.25, -0.2) is 4.98 Å². The highest BCUT2D eigenvalue weighted by atomic mass is 15.1. The number of hydrogen-bond donors (Lipinski definition) is 1. The van der Waals surface area contributed by atoms with Gasteiger partial charge < -0.3 is 5.32 Å². The van der Waals surface area contributed by atoms with Crippen LogP contribution in [0.2, 0.25) is 0 Å². The van der Waals surface area contributed by atoms with Crippen molar-refractivity contribution in [2.45, 2.75) is 12.8 Å². The molecule has 0 aromatic carbocycles. The summed E-state index contributed by atoms with van der Waals surface area (Å²) in [7, 11) is 0. The van der Waals surface area contributed by atoms with Crippen LogP contribution in [0.1, 0.15) is 17.5 Å². The van der Waals surface area contributed by atoms with Crippen LogP contribution < -0.4 is 5.32 Å². The molecule has 0 unspecified atom stereocenters. The predicted octanol–water partition coefficient (Wildman–Crippen LogP) is 2.76. The van der Waals surface area contributed by atoms with Gasteiger partial charge in [0.05, 0.1) is 0 Å². The molecule has 0 bridgehead atoms. The molecule has 0 spiro atoms. The highest BCUT2D eigenvalue weighted by Crippen LogP contribution is 2.20. The van der Waals surface area contributed by atoms with Crippen LogP contribution in [-0.2, 0) is 6.42 Å². The van der Waals surface area contributed by atoms with E-state index in [0.29, 0.717) is 6.54 Å². The van der Waals surface area contributed by atoms with Gasteiger partial charge in [0.1, 0.15) is 5.82 Å². The minimum absolute atomic E-state index is 0.507. The topological polar surface area (TPSA) is 73.7 Å². The van der Waals surface area contributed by atoms with Crippen molar-refractivity contribution in [3.63, 3.8) is 0 Å². The highest BCUT2D eigenvalue weighted by molar-refractivity contribution is 5.57. The number of nitrogens with one attached hydrogen (secondary N) is 1. The molecule has 1 aliphatic rings. The van der Waals surface area contributed by atoms with Gasteiger partial charge in [0.2, 0.25) is 0 Å². The molecule has 16 heavy (non-hydrogen) atoms. The van der Waals surface area contributed by atoms with E-state index in [1.807, 2.05) is 18.3 Å². The third kappa shape index (κ3) is 2.52. The molecule has 0 radical (unpaired) electrons. The number of nitrogens with zero attached hydrogens (tertiary/aromatic N) is 4. The third-order valence-electron chi connectivity index (χ3n) is 2.44. The lowest BCUT2D eigenvalue weighted by atomic mass is 10.1. The van der Waals surface area contributed by atoms with Crippen LogP contribution in [-0.4, -0.2) is 18.1 Å². The first-order valence-corrected chi connectivity index (χ1v) is 5.30. The van der Waals surface area contributed by atoms with Gasteiger partial charge in [-0.3, -0.25) is 0 Å². The Labute approximate surface area is 93.8 Å². The summed E-state index contributed by atoms with van der Waals surface area (Å²) in [5, 5.41) is 6.69. The Balaban J connectivity index is 1.97. The number of fused-ring (bicyclic) bond motifs is 1. The van der Waals surface area contributed by atoms with Gasteiger partial charge in [0, 0.05) is 24.2 Å². The van der Waals surface area contributed by atoms with E-state index in [-0.39, 0.29) is 0 Å². The van der Waals surface area contributed by atoms with Crippen molar-refractivity contribution in [2.75, 3.05) is 18.4 Å². The lowest BCUT2D eigenvalue weighted by Crippen LogP contribution is -1.92. The van der Waals surface area contributed by atoms with E-state index in [1.54, 1.807) is 0 Å². The molecule has 2 heterocycles. The predicted molar refractivity (Wildman–Crippen MR) is 64.1 cm³/mol. The standard InChI is InChI=1S/C11H13N5/c12-16-15-5-2-1-3-9-7-10-4-6-13-11(10)14-8-9/h1,3,7-8H,2,4-6H2,(H,13,14). The molecule has 0 saturated carbocycles. The van der Waals surface area contributed by atoms with E-state index in [4.69, 9.17) is 5.53 Å². The van der Waals surface area contributed by atoms with Crippen molar-refractivity contribution in [2.24, 2.45) is 5.11 Å². The van der Waals surface area contributed by atoms with E-state index in [0.717, 1.165) is 30.8 Å². The van der Waals surface area contributed by atoms with Crippen molar-refractivity contribution >= 4 is 11.9 Å². The van der Waals surface area contributed by atoms with Crippen LogP contribution in [0, 0.1) is 0 Å². The number of aromatic nitrogens is 1. The number of azide groups is 1. The summed E-state index contributed by atoms with van der Waals surface area (Å²) in [6, 6.07) is 2.15. The highest BCUT2D eigenvalue weighted by Gasteiger charge is 2.10. The fourth-order valence-corrected chi connectivity index (χ4v) is 1.68. The Morgan fingerprint density at radius 3 is 3.44 bits per heavy atom. The summed E-state index contributed by atoms with van der Waals surface area (Å²) in [5.41, 5.74) is 10.5. The van der Waals surface area contributed by atoms with Crippen molar-refractivity contribution in [3.8, 4) is 0 Å². The van der Waals surface area contributed by atoms with Crippen LogP contribution >= 0.6 is 0 Å². The molecule has 5 heteroatoms. The van der Waals surface area contributed by atoms with E-state index < -0.39 is 0 Å². The molecule has 82 valence electrons. The van der Waals surface area contributed by atoms with Crippen molar-refractivity contribution in [1.82, 2.24) is 4.98 Å². The summed E-state index contributed by atoms with van der Waals surface area (Å²) >= 11 is 0. The molecule has 0 fully saturated rings. The zero-order valence-electron chi connectivity index (χ0n) is 8.93. The summed E-state index contributed by atoms with van der Waals surface area (Å²) in [5.74, 6) is 1.01. The summed E-state index contributed by atoms with van der Waals surface area (Å²) < 4.78 is 0. The van der Waals surface area contributed by atoms with Crippen LogP contribution in [0.15, 0.2) is 23.5 Å². The maximum absolute atomic E-state index is 8.11. The average molecular weight is 215 g/mol. The molecule has 1 aromatic rings. The van der Waals surface area contributed by atoms with Gasteiger partial charge >= 0.3 is 0 Å². The SMILES string of the molecule is [N-]=[N+]=NCCC=Cc1cnc2c(c1)CCN2. The minimum atomic E-state index is 0.507. The normalized spacial score (nSPS) is 13.2. The molecule has 1 aromatic heterocycles. The Morgan fingerprint density at radius 1 is 1.62 bits per heavy atom. The Morgan fingerprint density at radius 2 is 2.56 bits per heavy atom. The van der Waals surface area contributed by atoms with E-state index in [2.05, 4.69) is 26.4 Å². The second-order valence-electron chi connectivity index (χ2n) is 3.60. The summed E-state index contributed by atoms with van der Waals surface area (Å²) in [6.07, 6.45) is 7.67. The third-order valence-corrected chi connectivity index (χ3v) is 2.44. The molecule has 0 atom stereocenters. The Hall–Kier alpha value is -2.00. The number of anilines is 1. The largest absolute Gasteiger partial charge is 0.370 e. The van der Waals surface area contributed by atoms with Gasteiger partial charge in [0.25, 0.3) is 0 Å². The van der Waals surface area contributed by atoms with Crippen LogP contribution in [0.3, 0.4) is 0 Å². The van der Waals surface area contributed by atoms with Gasteiger partial charge in [0.15, 0.2) is 0 Å². The maximum atomic E-state index is 8.11. The monoisotopic (exact) mass is 215 g/mol. The number of hydrogen-bond acceptors (Lipinski definition) is 3. The van der Waals surface area contributed by atoms with Crippen molar-refractivity contribution in [3.05, 3.63) is 39.9 Å². The van der Waals surface area contributed by atoms with Crippen LogP contribution in [0.5, 0.6) is 0 Å². The van der Waals surface area contributed by atoms with E-state index in [1.165, 1.54) is 5.56 Å². The smallest absolute Gasteiger partial charge is 0.129 e. The molecule has 1 aliphatic heterocycles. The fourth-order valence-electron chi connectivity index (χ4n) is 1.68. The van der Waals surface area contributed by atoms with Gasteiger partial charge in [-0.15, -0.1) is 0 Å². The zero-order chi connectivity index (χ0) is 11.2. The quantitative estimate of drug-likeness (QED) is 0.363. The van der Waals surface area contributed by atoms with Crippen LogP contribution in [0.4, 0.5) is 5.82 Å². The fraction of sp³-hybridized carbons (Fsp3) is 0.364. The molecule has 2 rings (SSSR count). The molecular weight excluding hydrogens is 202 g/mol. The van der Waals surface area contributed by atoms with Gasteiger partial charge in [-0.2, -0.15) is 0 Å². The van der Waals surface area contributed by atoms with Gasteiger partial charge in [-0.05, 0) is 35.6 Å². The second-order valence-corrected chi connectivity index (χ2v) is 3.60. The summed E-state index contributed by atoms with van der Waals surface area (Å²) in [4.78, 5) is 7.03. The molecule has 0 amide bonds. The Bertz CT molecular complexity index is 446. The zero-order valence-corrected chi connectivity index (χ0v) is 8.93.